The minimum Gasteiger partial charge on any atom is -0.342 e. The number of nitrogens with zero attached hydrogens (tertiary/aromatic N) is 2. The molecule has 2 aromatic rings. The molecule has 0 radical (unpaired) electrons. The van der Waals surface area contributed by atoms with Crippen molar-refractivity contribution in [1.82, 2.24) is 15.1 Å². The molecule has 8 nitrogen and oxygen atoms in total. The zero-order valence-electron chi connectivity index (χ0n) is 19.4. The molecule has 1 aromatic carbocycles. The van der Waals surface area contributed by atoms with Gasteiger partial charge in [0.25, 0.3) is 5.91 Å². The summed E-state index contributed by atoms with van der Waals surface area (Å²) in [5.74, 6) is 0.132. The van der Waals surface area contributed by atoms with E-state index >= 15 is 0 Å². The van der Waals surface area contributed by atoms with E-state index in [4.69, 9.17) is 5.10 Å². The summed E-state index contributed by atoms with van der Waals surface area (Å²) in [5, 5.41) is 10.7. The van der Waals surface area contributed by atoms with Crippen molar-refractivity contribution in [2.75, 3.05) is 17.3 Å². The molecule has 2 saturated carbocycles. The first-order valence-corrected chi connectivity index (χ1v) is 14.3. The van der Waals surface area contributed by atoms with Crippen molar-refractivity contribution in [2.24, 2.45) is 5.92 Å². The number of hydrogen-bond acceptors (Lipinski definition) is 5. The molecule has 9 heteroatoms. The summed E-state index contributed by atoms with van der Waals surface area (Å²) in [4.78, 5) is 25.9. The van der Waals surface area contributed by atoms with E-state index in [1.807, 2.05) is 0 Å². The lowest BCUT2D eigenvalue weighted by Crippen LogP contribution is -2.50. The molecule has 0 saturated heterocycles. The zero-order valence-corrected chi connectivity index (χ0v) is 20.2. The fourth-order valence-electron chi connectivity index (χ4n) is 5.64. The monoisotopic (exact) mass is 482 g/mol. The van der Waals surface area contributed by atoms with Crippen LogP contribution in [0, 0.1) is 5.92 Å². The molecule has 2 fully saturated rings. The summed E-state index contributed by atoms with van der Waals surface area (Å²) in [6.45, 7) is 0.591. The Bertz CT molecular complexity index is 1310. The maximum atomic E-state index is 13.5. The van der Waals surface area contributed by atoms with E-state index in [0.717, 1.165) is 25.5 Å². The average molecular weight is 483 g/mol. The first kappa shape index (κ1) is 21.8. The third-order valence-corrected chi connectivity index (χ3v) is 8.47. The zero-order chi connectivity index (χ0) is 23.7. The number of benzene rings is 1. The predicted octanol–water partition coefficient (Wildman–Crippen LogP) is 2.67. The van der Waals surface area contributed by atoms with Gasteiger partial charge in [0.05, 0.1) is 11.2 Å². The van der Waals surface area contributed by atoms with Crippen LogP contribution in [0.3, 0.4) is 0 Å². The number of aryl methyl sites for hydroxylation is 2. The van der Waals surface area contributed by atoms with Crippen molar-refractivity contribution in [3.8, 4) is 0 Å². The van der Waals surface area contributed by atoms with E-state index in [-0.39, 0.29) is 5.91 Å². The van der Waals surface area contributed by atoms with Crippen LogP contribution in [-0.4, -0.2) is 42.0 Å². The number of amides is 2. The number of sulfone groups is 1. The van der Waals surface area contributed by atoms with Crippen LogP contribution in [0.1, 0.15) is 77.2 Å². The van der Waals surface area contributed by atoms with Crippen molar-refractivity contribution in [1.29, 1.82) is 0 Å². The molecular formula is C25H30N4O4S. The van der Waals surface area contributed by atoms with Crippen LogP contribution in [0.2, 0.25) is 0 Å². The molecule has 1 aromatic heterocycles. The first-order chi connectivity index (χ1) is 16.2. The number of carbonyl (C=O) groups is 2. The Morgan fingerprint density at radius 3 is 2.76 bits per heavy atom. The maximum absolute atomic E-state index is 13.5. The van der Waals surface area contributed by atoms with E-state index in [9.17, 15) is 18.0 Å². The Morgan fingerprint density at radius 1 is 1.26 bits per heavy atom. The van der Waals surface area contributed by atoms with E-state index in [2.05, 4.69) is 28.8 Å². The molecule has 1 atom stereocenters. The van der Waals surface area contributed by atoms with Crippen molar-refractivity contribution in [3.05, 3.63) is 46.1 Å². The van der Waals surface area contributed by atoms with Gasteiger partial charge >= 0.3 is 0 Å². The number of nitrogens with one attached hydrogen (secondary N) is 2. The van der Waals surface area contributed by atoms with Gasteiger partial charge in [0.15, 0.2) is 9.84 Å². The molecule has 6 rings (SSSR count). The number of carbonyl (C=O) groups excluding carboxylic acids is 2. The number of anilines is 1. The van der Waals surface area contributed by atoms with E-state index in [1.165, 1.54) is 42.4 Å². The minimum atomic E-state index is -3.49. The molecule has 2 amide bonds. The number of hydrogen-bond donors (Lipinski definition) is 2. The normalized spacial score (nSPS) is 23.5. The van der Waals surface area contributed by atoms with Gasteiger partial charge in [-0.3, -0.25) is 9.59 Å². The lowest BCUT2D eigenvalue weighted by Gasteiger charge is -2.35. The van der Waals surface area contributed by atoms with Crippen molar-refractivity contribution in [2.45, 2.75) is 69.4 Å². The van der Waals surface area contributed by atoms with Gasteiger partial charge in [-0.2, -0.15) is 5.10 Å². The molecule has 1 aliphatic heterocycles. The Morgan fingerprint density at radius 2 is 2.06 bits per heavy atom. The summed E-state index contributed by atoms with van der Waals surface area (Å²) >= 11 is 0. The second-order valence-electron chi connectivity index (χ2n) is 10.6. The molecule has 2 N–H and O–H groups in total. The molecular weight excluding hydrogens is 452 g/mol. The molecule has 0 unspecified atom stereocenters. The van der Waals surface area contributed by atoms with Gasteiger partial charge in [-0.25, -0.2) is 13.1 Å². The number of rotatable bonds is 7. The Balaban J connectivity index is 1.33. The summed E-state index contributed by atoms with van der Waals surface area (Å²) in [5.41, 5.74) is 4.44. The second-order valence-corrected chi connectivity index (χ2v) is 12.8. The third kappa shape index (κ3) is 4.04. The molecule has 34 heavy (non-hydrogen) atoms. The van der Waals surface area contributed by atoms with Gasteiger partial charge in [0.2, 0.25) is 5.91 Å². The summed E-state index contributed by atoms with van der Waals surface area (Å²) < 4.78 is 25.0. The summed E-state index contributed by atoms with van der Waals surface area (Å²) in [7, 11) is -3.49. The highest BCUT2D eigenvalue weighted by Crippen LogP contribution is 2.46. The topological polar surface area (TPSA) is 110 Å². The quantitative estimate of drug-likeness (QED) is 0.631. The van der Waals surface area contributed by atoms with Crippen LogP contribution >= 0.6 is 0 Å². The van der Waals surface area contributed by atoms with E-state index in [1.54, 1.807) is 4.68 Å². The van der Waals surface area contributed by atoms with Crippen molar-refractivity contribution >= 4 is 27.5 Å². The van der Waals surface area contributed by atoms with Crippen LogP contribution in [0.4, 0.5) is 5.82 Å². The molecule has 0 bridgehead atoms. The minimum absolute atomic E-state index is 0.257. The second kappa shape index (κ2) is 7.66. The summed E-state index contributed by atoms with van der Waals surface area (Å²) in [6.07, 6.45) is 9.17. The highest BCUT2D eigenvalue weighted by Gasteiger charge is 2.47. The molecule has 1 spiro atoms. The maximum Gasteiger partial charge on any atom is 0.257 e. The lowest BCUT2D eigenvalue weighted by atomic mass is 9.82. The molecule has 180 valence electrons. The fraction of sp³-hybridized carbons (Fsp3) is 0.560. The van der Waals surface area contributed by atoms with Gasteiger partial charge in [0, 0.05) is 19.2 Å². The predicted molar refractivity (Wildman–Crippen MR) is 127 cm³/mol. The highest BCUT2D eigenvalue weighted by atomic mass is 32.2. The van der Waals surface area contributed by atoms with Gasteiger partial charge in [-0.1, -0.05) is 31.0 Å². The summed E-state index contributed by atoms with van der Waals surface area (Å²) in [6, 6.07) is 6.70. The van der Waals surface area contributed by atoms with Crippen LogP contribution < -0.4 is 10.6 Å². The number of aromatic nitrogens is 2. The van der Waals surface area contributed by atoms with Crippen LogP contribution in [0.5, 0.6) is 0 Å². The van der Waals surface area contributed by atoms with Gasteiger partial charge in [-0.15, -0.1) is 0 Å². The standard InChI is InChI=1S/C25H30N4O4S/c1-34(32,33)14-21(30)26-23-22-20(28-29(23)11-9-15-2-3-15)13-25(27-24(22)31)10-8-18-12-17(16-4-5-16)6-7-19(18)25/h6-7,12,15-16H,2-5,8-11,13-14H2,1H3,(H,26,30)(H,27,31)/t25-/m0/s1. The van der Waals surface area contributed by atoms with Crippen LogP contribution in [0.15, 0.2) is 18.2 Å². The van der Waals surface area contributed by atoms with Gasteiger partial charge in [-0.05, 0) is 60.6 Å². The Hall–Kier alpha value is -2.68. The number of fused-ring (bicyclic) bond motifs is 3. The van der Waals surface area contributed by atoms with Crippen molar-refractivity contribution < 1.29 is 18.0 Å². The average Bonchev–Trinajstić information content (AvgIpc) is 3.68. The SMILES string of the molecule is CS(=O)(=O)CC(=O)Nc1c2c(nn1CCC1CC1)C[C@]1(CCc3cc(C4CC4)ccc31)NC2=O. The Labute approximate surface area is 199 Å². The Kier molecular flexibility index (Phi) is 4.92. The first-order valence-electron chi connectivity index (χ1n) is 12.2. The van der Waals surface area contributed by atoms with Crippen LogP contribution in [-0.2, 0) is 39.6 Å². The fourth-order valence-corrected chi connectivity index (χ4v) is 6.19. The van der Waals surface area contributed by atoms with Crippen molar-refractivity contribution in [3.63, 3.8) is 0 Å². The molecule has 2 heterocycles. The molecule has 3 aliphatic carbocycles. The smallest absolute Gasteiger partial charge is 0.257 e. The molecule has 4 aliphatic rings. The van der Waals surface area contributed by atoms with Gasteiger partial charge in [0.1, 0.15) is 17.1 Å². The lowest BCUT2D eigenvalue weighted by molar-refractivity contribution is -0.113. The van der Waals surface area contributed by atoms with Crippen LogP contribution in [0.25, 0.3) is 0 Å². The third-order valence-electron chi connectivity index (χ3n) is 7.69. The van der Waals surface area contributed by atoms with Gasteiger partial charge < -0.3 is 10.6 Å². The largest absolute Gasteiger partial charge is 0.342 e. The van der Waals surface area contributed by atoms with E-state index in [0.29, 0.717) is 41.9 Å². The highest BCUT2D eigenvalue weighted by molar-refractivity contribution is 7.91. The van der Waals surface area contributed by atoms with E-state index < -0.39 is 27.0 Å².